The molecule has 2 unspecified atom stereocenters. The van der Waals surface area contributed by atoms with E-state index >= 15 is 0 Å². The standard InChI is InChI=1S/C18H26BrNO/c1-2-10-20-17(14-5-3-6-16(19)12-14)15-7-11-21-18(13-15)8-4-9-18/h3,5-6,12,15,17,20H,2,4,7-11,13H2,1H3. The minimum absolute atomic E-state index is 0.223. The summed E-state index contributed by atoms with van der Waals surface area (Å²) < 4.78 is 7.28. The minimum Gasteiger partial charge on any atom is -0.375 e. The highest BCUT2D eigenvalue weighted by atomic mass is 79.9. The van der Waals surface area contributed by atoms with Gasteiger partial charge in [0, 0.05) is 17.1 Å². The topological polar surface area (TPSA) is 21.3 Å². The Morgan fingerprint density at radius 3 is 2.95 bits per heavy atom. The van der Waals surface area contributed by atoms with Crippen LogP contribution in [0.25, 0.3) is 0 Å². The van der Waals surface area contributed by atoms with Crippen LogP contribution in [0.5, 0.6) is 0 Å². The van der Waals surface area contributed by atoms with Gasteiger partial charge >= 0.3 is 0 Å². The van der Waals surface area contributed by atoms with Crippen molar-refractivity contribution < 1.29 is 4.74 Å². The fourth-order valence-corrected chi connectivity index (χ4v) is 4.24. The third-order valence-corrected chi connectivity index (χ3v) is 5.58. The summed E-state index contributed by atoms with van der Waals surface area (Å²) in [4.78, 5) is 0. The molecule has 1 N–H and O–H groups in total. The molecule has 1 spiro atoms. The molecule has 2 nitrogen and oxygen atoms in total. The molecule has 2 aliphatic rings. The largest absolute Gasteiger partial charge is 0.375 e. The van der Waals surface area contributed by atoms with Gasteiger partial charge in [0.1, 0.15) is 0 Å². The van der Waals surface area contributed by atoms with Crippen LogP contribution < -0.4 is 5.32 Å². The van der Waals surface area contributed by atoms with Crippen molar-refractivity contribution in [2.75, 3.05) is 13.2 Å². The van der Waals surface area contributed by atoms with Gasteiger partial charge in [-0.3, -0.25) is 0 Å². The number of ether oxygens (including phenoxy) is 1. The number of nitrogens with one attached hydrogen (secondary N) is 1. The van der Waals surface area contributed by atoms with E-state index in [1.807, 2.05) is 0 Å². The zero-order valence-electron chi connectivity index (χ0n) is 12.9. The highest BCUT2D eigenvalue weighted by Crippen LogP contribution is 2.47. The molecular weight excluding hydrogens is 326 g/mol. The summed E-state index contributed by atoms with van der Waals surface area (Å²) in [6, 6.07) is 9.26. The van der Waals surface area contributed by atoms with Crippen molar-refractivity contribution in [1.29, 1.82) is 0 Å². The van der Waals surface area contributed by atoms with Crippen molar-refractivity contribution >= 4 is 15.9 Å². The molecular formula is C18H26BrNO. The number of halogens is 1. The number of hydrogen-bond donors (Lipinski definition) is 1. The van der Waals surface area contributed by atoms with Gasteiger partial charge in [0.05, 0.1) is 5.60 Å². The van der Waals surface area contributed by atoms with Crippen LogP contribution in [0, 0.1) is 5.92 Å². The first-order valence-electron chi connectivity index (χ1n) is 8.35. The maximum Gasteiger partial charge on any atom is 0.0686 e. The third kappa shape index (κ3) is 3.52. The summed E-state index contributed by atoms with van der Waals surface area (Å²) in [5.41, 5.74) is 1.64. The van der Waals surface area contributed by atoms with E-state index in [9.17, 15) is 0 Å². The Hall–Kier alpha value is -0.380. The molecule has 1 aromatic rings. The summed E-state index contributed by atoms with van der Waals surface area (Å²) >= 11 is 3.62. The molecule has 2 atom stereocenters. The fourth-order valence-electron chi connectivity index (χ4n) is 3.83. The Balaban J connectivity index is 1.77. The van der Waals surface area contributed by atoms with Crippen molar-refractivity contribution in [2.45, 2.75) is 57.1 Å². The van der Waals surface area contributed by atoms with Crippen LogP contribution in [0.3, 0.4) is 0 Å². The molecule has 1 saturated heterocycles. The summed E-state index contributed by atoms with van der Waals surface area (Å²) in [5, 5.41) is 3.79. The molecule has 0 radical (unpaired) electrons. The van der Waals surface area contributed by atoms with E-state index < -0.39 is 0 Å². The van der Waals surface area contributed by atoms with Crippen LogP contribution in [0.4, 0.5) is 0 Å². The van der Waals surface area contributed by atoms with Gasteiger partial charge in [0.25, 0.3) is 0 Å². The van der Waals surface area contributed by atoms with Crippen molar-refractivity contribution in [3.8, 4) is 0 Å². The van der Waals surface area contributed by atoms with Crippen molar-refractivity contribution in [1.82, 2.24) is 5.32 Å². The first-order chi connectivity index (χ1) is 10.2. The molecule has 1 aliphatic heterocycles. The number of benzene rings is 1. The smallest absolute Gasteiger partial charge is 0.0686 e. The second kappa shape index (κ2) is 6.80. The Morgan fingerprint density at radius 2 is 2.29 bits per heavy atom. The van der Waals surface area contributed by atoms with E-state index in [-0.39, 0.29) is 5.60 Å². The first-order valence-corrected chi connectivity index (χ1v) is 9.14. The van der Waals surface area contributed by atoms with E-state index in [4.69, 9.17) is 4.74 Å². The molecule has 116 valence electrons. The van der Waals surface area contributed by atoms with Gasteiger partial charge in [0.15, 0.2) is 0 Å². The molecule has 3 rings (SSSR count). The third-order valence-electron chi connectivity index (χ3n) is 5.09. The highest BCUT2D eigenvalue weighted by Gasteiger charge is 2.44. The predicted octanol–water partition coefficient (Wildman–Crippen LogP) is 4.84. The first kappa shape index (κ1) is 15.5. The zero-order valence-corrected chi connectivity index (χ0v) is 14.5. The van der Waals surface area contributed by atoms with Gasteiger partial charge in [-0.05, 0) is 68.7 Å². The van der Waals surface area contributed by atoms with Crippen molar-refractivity contribution in [2.24, 2.45) is 5.92 Å². The molecule has 21 heavy (non-hydrogen) atoms. The van der Waals surface area contributed by atoms with Gasteiger partial charge < -0.3 is 10.1 Å². The van der Waals surface area contributed by atoms with Crippen LogP contribution in [0.1, 0.15) is 57.1 Å². The highest BCUT2D eigenvalue weighted by molar-refractivity contribution is 9.10. The van der Waals surface area contributed by atoms with E-state index in [0.717, 1.165) is 13.2 Å². The van der Waals surface area contributed by atoms with Crippen LogP contribution in [-0.2, 0) is 4.74 Å². The summed E-state index contributed by atoms with van der Waals surface area (Å²) in [7, 11) is 0. The van der Waals surface area contributed by atoms with E-state index in [1.165, 1.54) is 48.6 Å². The molecule has 2 fully saturated rings. The average Bonchev–Trinajstić information content (AvgIpc) is 2.46. The monoisotopic (exact) mass is 351 g/mol. The second-order valence-electron chi connectivity index (χ2n) is 6.62. The Bertz CT molecular complexity index is 472. The van der Waals surface area contributed by atoms with Crippen LogP contribution >= 0.6 is 15.9 Å². The van der Waals surface area contributed by atoms with E-state index in [1.54, 1.807) is 0 Å². The van der Waals surface area contributed by atoms with Crippen LogP contribution in [-0.4, -0.2) is 18.8 Å². The van der Waals surface area contributed by atoms with Gasteiger partial charge in [0.2, 0.25) is 0 Å². The maximum absolute atomic E-state index is 6.11. The fraction of sp³-hybridized carbons (Fsp3) is 0.667. The van der Waals surface area contributed by atoms with Crippen molar-refractivity contribution in [3.05, 3.63) is 34.3 Å². The molecule has 1 saturated carbocycles. The normalized spacial score (nSPS) is 25.5. The Kier molecular flexibility index (Phi) is 5.03. The Morgan fingerprint density at radius 1 is 1.43 bits per heavy atom. The Labute approximate surface area is 136 Å². The van der Waals surface area contributed by atoms with Crippen molar-refractivity contribution in [3.63, 3.8) is 0 Å². The zero-order chi connectivity index (χ0) is 14.7. The van der Waals surface area contributed by atoms with Gasteiger partial charge in [-0.25, -0.2) is 0 Å². The molecule has 3 heteroatoms. The van der Waals surface area contributed by atoms with Gasteiger partial charge in [-0.15, -0.1) is 0 Å². The predicted molar refractivity (Wildman–Crippen MR) is 90.4 cm³/mol. The maximum atomic E-state index is 6.11. The lowest BCUT2D eigenvalue weighted by Gasteiger charge is -2.49. The van der Waals surface area contributed by atoms with Crippen LogP contribution in [0.15, 0.2) is 28.7 Å². The summed E-state index contributed by atoms with van der Waals surface area (Å²) in [5.74, 6) is 0.694. The summed E-state index contributed by atoms with van der Waals surface area (Å²) in [6.07, 6.45) is 7.46. The van der Waals surface area contributed by atoms with E-state index in [0.29, 0.717) is 12.0 Å². The average molecular weight is 352 g/mol. The minimum atomic E-state index is 0.223. The molecule has 1 aliphatic carbocycles. The summed E-state index contributed by atoms with van der Waals surface area (Å²) in [6.45, 7) is 4.26. The lowest BCUT2D eigenvalue weighted by Crippen LogP contribution is -2.48. The molecule has 1 heterocycles. The van der Waals surface area contributed by atoms with Gasteiger partial charge in [-0.1, -0.05) is 35.0 Å². The lowest BCUT2D eigenvalue weighted by atomic mass is 9.69. The van der Waals surface area contributed by atoms with Crippen LogP contribution in [0.2, 0.25) is 0 Å². The van der Waals surface area contributed by atoms with Gasteiger partial charge in [-0.2, -0.15) is 0 Å². The molecule has 0 aromatic heterocycles. The number of hydrogen-bond acceptors (Lipinski definition) is 2. The quantitative estimate of drug-likeness (QED) is 0.819. The van der Waals surface area contributed by atoms with E-state index in [2.05, 4.69) is 52.4 Å². The molecule has 1 aromatic carbocycles. The molecule has 0 bridgehead atoms. The SMILES string of the molecule is CCCNC(c1cccc(Br)c1)C1CCOC2(CCC2)C1. The lowest BCUT2D eigenvalue weighted by molar-refractivity contribution is -0.147. The molecule has 0 amide bonds. The number of rotatable bonds is 5. The second-order valence-corrected chi connectivity index (χ2v) is 7.54.